The van der Waals surface area contributed by atoms with E-state index in [1.165, 1.54) is 6.92 Å². The molecule has 0 fully saturated rings. The zero-order chi connectivity index (χ0) is 12.6. The maximum atomic E-state index is 10.8. The summed E-state index contributed by atoms with van der Waals surface area (Å²) in [5.41, 5.74) is 0. The van der Waals surface area contributed by atoms with E-state index >= 15 is 0 Å². The van der Waals surface area contributed by atoms with E-state index in [2.05, 4.69) is 6.58 Å². The van der Waals surface area contributed by atoms with Gasteiger partial charge in [0.1, 0.15) is 6.61 Å². The van der Waals surface area contributed by atoms with Gasteiger partial charge < -0.3 is 14.2 Å². The second-order valence-corrected chi connectivity index (χ2v) is 3.18. The third-order valence-corrected chi connectivity index (χ3v) is 1.75. The van der Waals surface area contributed by atoms with Gasteiger partial charge in [-0.25, -0.2) is 4.79 Å². The molecule has 0 aliphatic heterocycles. The Morgan fingerprint density at radius 1 is 1.44 bits per heavy atom. The average Bonchev–Trinajstić information content (AvgIpc) is 2.22. The maximum absolute atomic E-state index is 10.8. The number of hydrogen-bond acceptors (Lipinski definition) is 5. The van der Waals surface area contributed by atoms with Crippen LogP contribution in [0.2, 0.25) is 0 Å². The summed E-state index contributed by atoms with van der Waals surface area (Å²) in [4.78, 5) is 21.5. The van der Waals surface area contributed by atoms with Crippen LogP contribution in [0, 0.1) is 0 Å². The summed E-state index contributed by atoms with van der Waals surface area (Å²) in [6.07, 6.45) is 0.793. The van der Waals surface area contributed by atoms with Crippen molar-refractivity contribution >= 4 is 11.9 Å². The Morgan fingerprint density at radius 2 is 2.06 bits per heavy atom. The molecule has 0 N–H and O–H groups in total. The summed E-state index contributed by atoms with van der Waals surface area (Å²) in [7, 11) is 0. The van der Waals surface area contributed by atoms with E-state index in [0.717, 1.165) is 6.08 Å². The maximum Gasteiger partial charge on any atom is 0.330 e. The van der Waals surface area contributed by atoms with Crippen molar-refractivity contribution in [2.24, 2.45) is 0 Å². The lowest BCUT2D eigenvalue weighted by Gasteiger charge is -2.20. The summed E-state index contributed by atoms with van der Waals surface area (Å²) < 4.78 is 15.0. The van der Waals surface area contributed by atoms with Gasteiger partial charge in [-0.3, -0.25) is 4.79 Å². The van der Waals surface area contributed by atoms with Gasteiger partial charge in [-0.15, -0.1) is 0 Å². The smallest absolute Gasteiger partial charge is 0.330 e. The molecule has 0 heterocycles. The fraction of sp³-hybridized carbons (Fsp3) is 0.636. The first kappa shape index (κ1) is 14.6. The van der Waals surface area contributed by atoms with Crippen LogP contribution in [-0.2, 0) is 23.8 Å². The van der Waals surface area contributed by atoms with Crippen LogP contribution in [-0.4, -0.2) is 30.9 Å². The molecule has 0 radical (unpaired) electrons. The number of hydrogen-bond donors (Lipinski definition) is 0. The Morgan fingerprint density at radius 3 is 2.50 bits per heavy atom. The Bertz CT molecular complexity index is 249. The van der Waals surface area contributed by atoms with Gasteiger partial charge >= 0.3 is 11.9 Å². The molecule has 2 atom stereocenters. The molecule has 0 aromatic heterocycles. The van der Waals surface area contributed by atoms with Crippen molar-refractivity contribution in [3.05, 3.63) is 12.7 Å². The molecule has 0 saturated carbocycles. The van der Waals surface area contributed by atoms with Gasteiger partial charge in [-0.1, -0.05) is 13.5 Å². The van der Waals surface area contributed by atoms with E-state index in [1.807, 2.05) is 6.92 Å². The van der Waals surface area contributed by atoms with Crippen LogP contribution in [0.15, 0.2) is 12.7 Å². The Hall–Kier alpha value is -1.36. The highest BCUT2D eigenvalue weighted by Crippen LogP contribution is 2.05. The van der Waals surface area contributed by atoms with Crippen LogP contribution in [0.3, 0.4) is 0 Å². The monoisotopic (exact) mass is 230 g/mol. The van der Waals surface area contributed by atoms with E-state index in [4.69, 9.17) is 14.2 Å². The predicted octanol–water partition coefficient (Wildman–Crippen LogP) is 1.42. The third kappa shape index (κ3) is 7.00. The van der Waals surface area contributed by atoms with Crippen LogP contribution in [0.25, 0.3) is 0 Å². The molecule has 5 nitrogen and oxygen atoms in total. The second-order valence-electron chi connectivity index (χ2n) is 3.18. The molecule has 0 rings (SSSR count). The van der Waals surface area contributed by atoms with Crippen molar-refractivity contribution in [1.29, 1.82) is 0 Å². The third-order valence-electron chi connectivity index (χ3n) is 1.75. The molecule has 0 amide bonds. The lowest BCUT2D eigenvalue weighted by Crippen LogP contribution is -2.27. The van der Waals surface area contributed by atoms with Crippen LogP contribution in [0.5, 0.6) is 0 Å². The summed E-state index contributed by atoms with van der Waals surface area (Å²) in [5, 5.41) is 0. The molecule has 5 heteroatoms. The van der Waals surface area contributed by atoms with Crippen LogP contribution >= 0.6 is 0 Å². The zero-order valence-electron chi connectivity index (χ0n) is 9.89. The standard InChI is InChI=1S/C11H18O5/c1-5-10(7-14-11(13)6-2)16-9(4)15-8(3)12/h6,9-10H,2,5,7H2,1,3-4H3. The normalized spacial score (nSPS) is 13.7. The van der Waals surface area contributed by atoms with Gasteiger partial charge in [0, 0.05) is 13.0 Å². The topological polar surface area (TPSA) is 61.8 Å². The lowest BCUT2D eigenvalue weighted by molar-refractivity contribution is -0.189. The number of carbonyl (C=O) groups is 2. The van der Waals surface area contributed by atoms with Crippen LogP contribution in [0.1, 0.15) is 27.2 Å². The summed E-state index contributed by atoms with van der Waals surface area (Å²) in [6.45, 7) is 8.19. The van der Waals surface area contributed by atoms with Crippen molar-refractivity contribution in [1.82, 2.24) is 0 Å². The summed E-state index contributed by atoms with van der Waals surface area (Å²) in [6, 6.07) is 0. The van der Waals surface area contributed by atoms with Crippen molar-refractivity contribution in [3.63, 3.8) is 0 Å². The number of carbonyl (C=O) groups excluding carboxylic acids is 2. The highest BCUT2D eigenvalue weighted by molar-refractivity contribution is 5.81. The molecule has 16 heavy (non-hydrogen) atoms. The van der Waals surface area contributed by atoms with E-state index in [1.54, 1.807) is 6.92 Å². The van der Waals surface area contributed by atoms with Gasteiger partial charge in [0.2, 0.25) is 6.29 Å². The Kier molecular flexibility index (Phi) is 7.20. The molecule has 0 aliphatic carbocycles. The van der Waals surface area contributed by atoms with Gasteiger partial charge in [-0.2, -0.15) is 0 Å². The Balaban J connectivity index is 3.94. The molecule has 0 saturated heterocycles. The fourth-order valence-corrected chi connectivity index (χ4v) is 1.02. The minimum Gasteiger partial charge on any atom is -0.460 e. The van der Waals surface area contributed by atoms with Crippen molar-refractivity contribution in [2.75, 3.05) is 6.61 Å². The fourth-order valence-electron chi connectivity index (χ4n) is 1.02. The van der Waals surface area contributed by atoms with E-state index in [0.29, 0.717) is 6.42 Å². The summed E-state index contributed by atoms with van der Waals surface area (Å²) in [5.74, 6) is -0.910. The Labute approximate surface area is 95.4 Å². The van der Waals surface area contributed by atoms with Crippen molar-refractivity contribution < 1.29 is 23.8 Å². The second kappa shape index (κ2) is 7.87. The average molecular weight is 230 g/mol. The minimum absolute atomic E-state index is 0.118. The highest BCUT2D eigenvalue weighted by Gasteiger charge is 2.14. The van der Waals surface area contributed by atoms with Crippen LogP contribution < -0.4 is 0 Å². The highest BCUT2D eigenvalue weighted by atomic mass is 16.7. The molecule has 0 bridgehead atoms. The quantitative estimate of drug-likeness (QED) is 0.376. The van der Waals surface area contributed by atoms with E-state index in [9.17, 15) is 9.59 Å². The molecule has 2 unspecified atom stereocenters. The molecule has 0 aromatic carbocycles. The van der Waals surface area contributed by atoms with Gasteiger partial charge in [0.05, 0.1) is 6.10 Å². The predicted molar refractivity (Wildman–Crippen MR) is 57.5 cm³/mol. The first-order valence-corrected chi connectivity index (χ1v) is 5.11. The van der Waals surface area contributed by atoms with E-state index in [-0.39, 0.29) is 12.7 Å². The van der Waals surface area contributed by atoms with Gasteiger partial charge in [0.25, 0.3) is 0 Å². The number of rotatable bonds is 7. The first-order chi connectivity index (χ1) is 7.49. The molecular weight excluding hydrogens is 212 g/mol. The number of ether oxygens (including phenoxy) is 3. The molecule has 0 aromatic rings. The minimum atomic E-state index is -0.648. The molecule has 0 spiro atoms. The largest absolute Gasteiger partial charge is 0.460 e. The first-order valence-electron chi connectivity index (χ1n) is 5.11. The lowest BCUT2D eigenvalue weighted by atomic mass is 10.3. The van der Waals surface area contributed by atoms with E-state index < -0.39 is 18.2 Å². The van der Waals surface area contributed by atoms with Crippen molar-refractivity contribution in [3.8, 4) is 0 Å². The summed E-state index contributed by atoms with van der Waals surface area (Å²) >= 11 is 0. The molecular formula is C11H18O5. The number of esters is 2. The van der Waals surface area contributed by atoms with Gasteiger partial charge in [-0.05, 0) is 13.3 Å². The van der Waals surface area contributed by atoms with Gasteiger partial charge in [0.15, 0.2) is 0 Å². The van der Waals surface area contributed by atoms with Crippen molar-refractivity contribution in [2.45, 2.75) is 39.6 Å². The SMILES string of the molecule is C=CC(=O)OCC(CC)OC(C)OC(C)=O. The van der Waals surface area contributed by atoms with Crippen LogP contribution in [0.4, 0.5) is 0 Å². The molecule has 92 valence electrons. The zero-order valence-corrected chi connectivity index (χ0v) is 9.89. The molecule has 0 aliphatic rings.